The first kappa shape index (κ1) is 21.9. The molecule has 5 heteroatoms. The van der Waals surface area contributed by atoms with Gasteiger partial charge >= 0.3 is 6.18 Å². The van der Waals surface area contributed by atoms with Crippen LogP contribution in [0.3, 0.4) is 0 Å². The molecule has 33 heavy (non-hydrogen) atoms. The minimum atomic E-state index is -4.32. The van der Waals surface area contributed by atoms with Crippen LogP contribution < -0.4 is 0 Å². The summed E-state index contributed by atoms with van der Waals surface area (Å²) < 4.78 is 38.8. The molecule has 2 atom stereocenters. The zero-order chi connectivity index (χ0) is 22.8. The second-order valence-electron chi connectivity index (χ2n) is 9.05. The van der Waals surface area contributed by atoms with Gasteiger partial charge in [-0.1, -0.05) is 72.8 Å². The van der Waals surface area contributed by atoms with Gasteiger partial charge in [-0.05, 0) is 60.7 Å². The maximum atomic E-state index is 12.9. The second kappa shape index (κ2) is 9.14. The number of benzene rings is 3. The third kappa shape index (κ3) is 4.60. The summed E-state index contributed by atoms with van der Waals surface area (Å²) in [5.74, 6) is 0.672. The van der Waals surface area contributed by atoms with E-state index in [1.807, 2.05) is 12.1 Å². The van der Waals surface area contributed by atoms with E-state index in [4.69, 9.17) is 4.99 Å². The van der Waals surface area contributed by atoms with Crippen molar-refractivity contribution in [3.63, 3.8) is 0 Å². The van der Waals surface area contributed by atoms with Crippen LogP contribution in [0.2, 0.25) is 0 Å². The smallest absolute Gasteiger partial charge is 0.297 e. The Kier molecular flexibility index (Phi) is 6.07. The van der Waals surface area contributed by atoms with E-state index in [1.54, 1.807) is 6.21 Å². The summed E-state index contributed by atoms with van der Waals surface area (Å²) in [5, 5.41) is 0. The fourth-order valence-electron chi connectivity index (χ4n) is 5.51. The second-order valence-corrected chi connectivity index (χ2v) is 9.05. The van der Waals surface area contributed by atoms with Crippen LogP contribution in [-0.4, -0.2) is 36.3 Å². The van der Waals surface area contributed by atoms with Crippen molar-refractivity contribution >= 4 is 6.21 Å². The van der Waals surface area contributed by atoms with E-state index in [0.717, 1.165) is 38.1 Å². The summed E-state index contributed by atoms with van der Waals surface area (Å²) in [6.45, 7) is 2.13. The van der Waals surface area contributed by atoms with Crippen molar-refractivity contribution in [2.75, 3.05) is 13.1 Å². The minimum absolute atomic E-state index is 0.0974. The molecular weight excluding hydrogens is 421 g/mol. The Bertz CT molecular complexity index is 1030. The number of hydrogen-bond donors (Lipinski definition) is 0. The summed E-state index contributed by atoms with van der Waals surface area (Å²) in [4.78, 5) is 7.60. The number of alkyl halides is 3. The summed E-state index contributed by atoms with van der Waals surface area (Å²) in [6.07, 6.45) is -0.328. The van der Waals surface area contributed by atoms with Gasteiger partial charge in [-0.15, -0.1) is 0 Å². The van der Waals surface area contributed by atoms with Crippen molar-refractivity contribution < 1.29 is 13.2 Å². The van der Waals surface area contributed by atoms with Crippen molar-refractivity contribution in [2.24, 2.45) is 10.9 Å². The molecule has 6 rings (SSSR count). The lowest BCUT2D eigenvalue weighted by molar-refractivity contribution is -0.137. The first-order valence-corrected chi connectivity index (χ1v) is 11.5. The van der Waals surface area contributed by atoms with Gasteiger partial charge in [0.15, 0.2) is 0 Å². The van der Waals surface area contributed by atoms with Crippen LogP contribution in [-0.2, 0) is 6.18 Å². The number of nitrogens with zero attached hydrogens (tertiary/aromatic N) is 2. The maximum absolute atomic E-state index is 12.9. The number of fused-ring (bicyclic) bond motifs is 3. The van der Waals surface area contributed by atoms with Crippen molar-refractivity contribution in [3.8, 4) is 0 Å². The first-order chi connectivity index (χ1) is 16.0. The van der Waals surface area contributed by atoms with Crippen LogP contribution in [0, 0.1) is 5.92 Å². The fourth-order valence-corrected chi connectivity index (χ4v) is 5.51. The third-order valence-electron chi connectivity index (χ3n) is 7.12. The molecule has 0 spiro atoms. The predicted molar refractivity (Wildman–Crippen MR) is 126 cm³/mol. The molecule has 2 unspecified atom stereocenters. The van der Waals surface area contributed by atoms with Crippen molar-refractivity contribution in [2.45, 2.75) is 37.0 Å². The van der Waals surface area contributed by atoms with Gasteiger partial charge in [-0.3, -0.25) is 9.89 Å². The average Bonchev–Trinajstić information content (AvgIpc) is 2.85. The van der Waals surface area contributed by atoms with Crippen LogP contribution in [0.1, 0.15) is 41.0 Å². The lowest BCUT2D eigenvalue weighted by atomic mass is 9.71. The van der Waals surface area contributed by atoms with Crippen molar-refractivity contribution in [1.82, 2.24) is 4.90 Å². The highest BCUT2D eigenvalue weighted by Crippen LogP contribution is 2.43. The zero-order valence-electron chi connectivity index (χ0n) is 18.3. The quantitative estimate of drug-likeness (QED) is 0.411. The van der Waals surface area contributed by atoms with Gasteiger partial charge in [0, 0.05) is 18.2 Å². The molecule has 0 amide bonds. The molecule has 3 fully saturated rings. The Morgan fingerprint density at radius 3 is 1.85 bits per heavy atom. The normalized spacial score (nSPS) is 25.1. The van der Waals surface area contributed by atoms with Gasteiger partial charge in [0.1, 0.15) is 0 Å². The first-order valence-electron chi connectivity index (χ1n) is 11.5. The Morgan fingerprint density at radius 1 is 0.788 bits per heavy atom. The van der Waals surface area contributed by atoms with E-state index in [2.05, 4.69) is 53.4 Å². The third-order valence-corrected chi connectivity index (χ3v) is 7.12. The average molecular weight is 449 g/mol. The van der Waals surface area contributed by atoms with Crippen LogP contribution in [0.25, 0.3) is 0 Å². The largest absolute Gasteiger partial charge is 0.416 e. The molecule has 0 N–H and O–H groups in total. The van der Waals surface area contributed by atoms with Crippen LogP contribution in [0.4, 0.5) is 13.2 Å². The molecule has 2 bridgehead atoms. The van der Waals surface area contributed by atoms with Gasteiger partial charge < -0.3 is 0 Å². The highest BCUT2D eigenvalue weighted by molar-refractivity contribution is 5.79. The van der Waals surface area contributed by atoms with E-state index in [-0.39, 0.29) is 18.0 Å². The van der Waals surface area contributed by atoms with Gasteiger partial charge in [0.25, 0.3) is 0 Å². The Morgan fingerprint density at radius 2 is 1.33 bits per heavy atom. The summed E-state index contributed by atoms with van der Waals surface area (Å²) in [6, 6.07) is 26.8. The molecule has 0 saturated carbocycles. The molecular formula is C28H27F3N2. The molecule has 0 aliphatic carbocycles. The highest BCUT2D eigenvalue weighted by atomic mass is 19.4. The molecule has 3 aromatic rings. The molecule has 170 valence electrons. The van der Waals surface area contributed by atoms with Gasteiger partial charge in [-0.25, -0.2) is 0 Å². The number of piperidine rings is 3. The standard InChI is InChI=1S/C28H27F3N2/c29-28(30,31)24-13-11-20(12-14-24)19-32-26-23-15-17-33(18-16-23)27(26)25(21-7-3-1-4-8-21)22-9-5-2-6-10-22/h1-14,19,23,25-27H,15-18H2/b32-19-. The molecule has 3 aliphatic rings. The highest BCUT2D eigenvalue weighted by Gasteiger charge is 2.46. The number of aliphatic imine (C=N–C) groups is 1. The fraction of sp³-hybridized carbons (Fsp3) is 0.321. The van der Waals surface area contributed by atoms with Gasteiger partial charge in [0.2, 0.25) is 0 Å². The Hall–Kier alpha value is -2.92. The molecule has 0 aromatic heterocycles. The van der Waals surface area contributed by atoms with Crippen LogP contribution in [0.5, 0.6) is 0 Å². The summed E-state index contributed by atoms with van der Waals surface area (Å²) in [7, 11) is 0. The van der Waals surface area contributed by atoms with E-state index in [1.165, 1.54) is 23.3 Å². The zero-order valence-corrected chi connectivity index (χ0v) is 18.3. The molecule has 3 heterocycles. The van der Waals surface area contributed by atoms with Crippen LogP contribution in [0.15, 0.2) is 89.9 Å². The SMILES string of the molecule is FC(F)(F)c1ccc(/C=N\C2C3CCN(CC3)C2C(c2ccccc2)c2ccccc2)cc1. The van der Waals surface area contributed by atoms with E-state index >= 15 is 0 Å². The number of rotatable bonds is 5. The predicted octanol–water partition coefficient (Wildman–Crippen LogP) is 6.42. The topological polar surface area (TPSA) is 15.6 Å². The van der Waals surface area contributed by atoms with E-state index < -0.39 is 11.7 Å². The lowest BCUT2D eigenvalue weighted by Crippen LogP contribution is -2.59. The van der Waals surface area contributed by atoms with Crippen molar-refractivity contribution in [3.05, 3.63) is 107 Å². The number of halogens is 3. The molecule has 0 radical (unpaired) electrons. The number of hydrogen-bond acceptors (Lipinski definition) is 2. The Labute approximate surface area is 192 Å². The molecule has 3 aliphatic heterocycles. The van der Waals surface area contributed by atoms with Crippen LogP contribution >= 0.6 is 0 Å². The molecule has 3 aromatic carbocycles. The summed E-state index contributed by atoms with van der Waals surface area (Å²) >= 11 is 0. The van der Waals surface area contributed by atoms with Crippen molar-refractivity contribution in [1.29, 1.82) is 0 Å². The molecule has 2 nitrogen and oxygen atoms in total. The monoisotopic (exact) mass is 448 g/mol. The Balaban J connectivity index is 1.50. The van der Waals surface area contributed by atoms with Gasteiger partial charge in [0.05, 0.1) is 11.6 Å². The maximum Gasteiger partial charge on any atom is 0.416 e. The summed E-state index contributed by atoms with van der Waals surface area (Å²) in [5.41, 5.74) is 2.62. The molecule has 3 saturated heterocycles. The van der Waals surface area contributed by atoms with E-state index in [0.29, 0.717) is 11.5 Å². The minimum Gasteiger partial charge on any atom is -0.297 e. The van der Waals surface area contributed by atoms with Gasteiger partial charge in [-0.2, -0.15) is 13.2 Å². The lowest BCUT2D eigenvalue weighted by Gasteiger charge is -2.52. The van der Waals surface area contributed by atoms with E-state index in [9.17, 15) is 13.2 Å².